The second-order valence-corrected chi connectivity index (χ2v) is 12.8. The molecule has 0 heterocycles. The van der Waals surface area contributed by atoms with Crippen molar-refractivity contribution in [3.05, 3.63) is 125 Å². The molecule has 6 atom stereocenters. The zero-order valence-corrected chi connectivity index (χ0v) is 28.3. The third-order valence-corrected chi connectivity index (χ3v) is 8.91. The number of fused-ring (bicyclic) bond motifs is 1. The van der Waals surface area contributed by atoms with Gasteiger partial charge in [0.15, 0.2) is 0 Å². The first kappa shape index (κ1) is 35.3. The summed E-state index contributed by atoms with van der Waals surface area (Å²) in [6.07, 6.45) is -1.58. The van der Waals surface area contributed by atoms with Gasteiger partial charge >= 0.3 is 17.9 Å². The van der Waals surface area contributed by atoms with Crippen LogP contribution in [0.1, 0.15) is 55.5 Å². The summed E-state index contributed by atoms with van der Waals surface area (Å²) in [6, 6.07) is 21.4. The third kappa shape index (κ3) is 6.29. The maximum Gasteiger partial charge on any atom is 0.333 e. The van der Waals surface area contributed by atoms with Gasteiger partial charge in [0.25, 0.3) is 0 Å². The third-order valence-electron chi connectivity index (χ3n) is 8.91. The maximum atomic E-state index is 14.7. The molecule has 49 heavy (non-hydrogen) atoms. The summed E-state index contributed by atoms with van der Waals surface area (Å²) in [5.74, 6) is -6.04. The Labute approximate surface area is 285 Å². The number of aliphatic carboxylic acids is 1. The smallest absolute Gasteiger partial charge is 0.333 e. The quantitative estimate of drug-likeness (QED) is 0.171. The van der Waals surface area contributed by atoms with Crippen LogP contribution in [0.5, 0.6) is 0 Å². The lowest BCUT2D eigenvalue weighted by Gasteiger charge is -2.60. The Morgan fingerprint density at radius 1 is 0.735 bits per heavy atom. The van der Waals surface area contributed by atoms with Crippen LogP contribution < -0.4 is 5.32 Å². The molecule has 0 aliphatic heterocycles. The first-order valence-electron chi connectivity index (χ1n) is 16.0. The Morgan fingerprint density at radius 3 is 1.69 bits per heavy atom. The van der Waals surface area contributed by atoms with E-state index in [2.05, 4.69) is 18.5 Å². The van der Waals surface area contributed by atoms with Gasteiger partial charge in [-0.1, -0.05) is 79.4 Å². The summed E-state index contributed by atoms with van der Waals surface area (Å²) < 4.78 is 24.7. The second-order valence-electron chi connectivity index (χ2n) is 12.8. The summed E-state index contributed by atoms with van der Waals surface area (Å²) in [5.41, 5.74) is 0.396. The molecule has 3 aliphatic rings. The van der Waals surface area contributed by atoms with Gasteiger partial charge < -0.3 is 29.4 Å². The second kappa shape index (κ2) is 13.8. The van der Waals surface area contributed by atoms with Crippen LogP contribution in [0.2, 0.25) is 0 Å². The number of benzene rings is 3. The Balaban J connectivity index is 1.75. The minimum Gasteiger partial charge on any atom is -0.481 e. The number of para-hydroxylation sites is 1. The van der Waals surface area contributed by atoms with Crippen LogP contribution in [-0.2, 0) is 49.3 Å². The van der Waals surface area contributed by atoms with E-state index in [1.165, 1.54) is 13.8 Å². The Kier molecular flexibility index (Phi) is 9.94. The van der Waals surface area contributed by atoms with Crippen molar-refractivity contribution in [1.82, 2.24) is 0 Å². The highest BCUT2D eigenvalue weighted by atomic mass is 16.6. The highest BCUT2D eigenvalue weighted by molar-refractivity contribution is 5.99. The molecule has 0 aromatic heterocycles. The standard InChI is InChI=1S/C39H41NO9/c1-22(2)36(44)48-25(6)20-46-38-28-15-11-12-16-29(28)39(31-19-24(5)17-18-30(31)38,47-21-26(7)49-37(45)23(3)4)33(35(42)43)32(38)34(41)40-27-13-9-8-10-14-27/h8-19,25-26,32-33H,1,3,20-21H2,2,4-7H3,(H,40,41)(H,42,43). The summed E-state index contributed by atoms with van der Waals surface area (Å²) in [4.78, 5) is 53.2. The highest BCUT2D eigenvalue weighted by Crippen LogP contribution is 2.65. The van der Waals surface area contributed by atoms with E-state index in [0.29, 0.717) is 27.9 Å². The van der Waals surface area contributed by atoms with Gasteiger partial charge in [-0.25, -0.2) is 9.59 Å². The minimum atomic E-state index is -1.71. The van der Waals surface area contributed by atoms with Crippen LogP contribution in [0, 0.1) is 18.8 Å². The largest absolute Gasteiger partial charge is 0.481 e. The lowest BCUT2D eigenvalue weighted by Crippen LogP contribution is -2.67. The fraction of sp³-hybridized carbons (Fsp3) is 0.333. The molecule has 3 aromatic rings. The van der Waals surface area contributed by atoms with E-state index >= 15 is 0 Å². The molecule has 2 bridgehead atoms. The maximum absolute atomic E-state index is 14.7. The van der Waals surface area contributed by atoms with Crippen molar-refractivity contribution in [2.45, 2.75) is 58.0 Å². The molecule has 3 aliphatic carbocycles. The predicted molar refractivity (Wildman–Crippen MR) is 182 cm³/mol. The van der Waals surface area contributed by atoms with Crippen LogP contribution in [-0.4, -0.2) is 54.3 Å². The van der Waals surface area contributed by atoms with Crippen LogP contribution in [0.3, 0.4) is 0 Å². The molecule has 256 valence electrons. The van der Waals surface area contributed by atoms with Crippen molar-refractivity contribution in [1.29, 1.82) is 0 Å². The number of carboxylic acids is 1. The Hall–Kier alpha value is -5.06. The number of rotatable bonds is 13. The van der Waals surface area contributed by atoms with E-state index < -0.39 is 59.1 Å². The number of esters is 2. The number of ether oxygens (including phenoxy) is 4. The van der Waals surface area contributed by atoms with Gasteiger partial charge in [-0.15, -0.1) is 0 Å². The zero-order chi connectivity index (χ0) is 35.7. The lowest BCUT2D eigenvalue weighted by atomic mass is 9.49. The number of amides is 1. The van der Waals surface area contributed by atoms with E-state index in [1.54, 1.807) is 68.4 Å². The molecule has 6 unspecified atom stereocenters. The van der Waals surface area contributed by atoms with Gasteiger partial charge in [0.05, 0.1) is 19.1 Å². The van der Waals surface area contributed by atoms with Gasteiger partial charge in [-0.05, 0) is 69.0 Å². The molecule has 3 aromatic carbocycles. The van der Waals surface area contributed by atoms with E-state index in [9.17, 15) is 24.3 Å². The summed E-state index contributed by atoms with van der Waals surface area (Å²) in [7, 11) is 0. The van der Waals surface area contributed by atoms with Crippen LogP contribution >= 0.6 is 0 Å². The Bertz CT molecular complexity index is 1820. The van der Waals surface area contributed by atoms with Crippen molar-refractivity contribution < 1.29 is 43.2 Å². The van der Waals surface area contributed by atoms with Crippen molar-refractivity contribution in [3.8, 4) is 0 Å². The first-order valence-corrected chi connectivity index (χ1v) is 16.0. The number of hydrogen-bond donors (Lipinski definition) is 2. The molecule has 0 saturated heterocycles. The summed E-state index contributed by atoms with van der Waals surface area (Å²) >= 11 is 0. The average molecular weight is 668 g/mol. The monoisotopic (exact) mass is 667 g/mol. The molecule has 0 fully saturated rings. The number of aryl methyl sites for hydroxylation is 1. The van der Waals surface area contributed by atoms with Crippen LogP contribution in [0.15, 0.2) is 97.1 Å². The molecule has 0 saturated carbocycles. The fourth-order valence-corrected chi connectivity index (χ4v) is 6.87. The van der Waals surface area contributed by atoms with Gasteiger partial charge in [0, 0.05) is 16.8 Å². The normalized spacial score (nSPS) is 22.9. The number of carbonyl (C=O) groups is 4. The van der Waals surface area contributed by atoms with Crippen LogP contribution in [0.25, 0.3) is 0 Å². The molecule has 2 N–H and O–H groups in total. The first-order chi connectivity index (χ1) is 23.2. The van der Waals surface area contributed by atoms with Gasteiger partial charge in [0.1, 0.15) is 29.3 Å². The van der Waals surface area contributed by atoms with Crippen molar-refractivity contribution in [2.24, 2.45) is 11.8 Å². The number of hydrogen-bond acceptors (Lipinski definition) is 8. The SMILES string of the molecule is C=C(C)C(=O)OC(C)COC12c3ccccc3C(OCC(C)OC(=O)C(=C)C)(c3ccc(C)cc31)C(C(=O)Nc1ccccc1)C2C(=O)O. The highest BCUT2D eigenvalue weighted by Gasteiger charge is 2.71. The van der Waals surface area contributed by atoms with E-state index in [-0.39, 0.29) is 24.4 Å². The van der Waals surface area contributed by atoms with Gasteiger partial charge in [0.2, 0.25) is 5.91 Å². The molecule has 6 rings (SSSR count). The molecular weight excluding hydrogens is 626 g/mol. The molecule has 1 amide bonds. The number of carbonyl (C=O) groups excluding carboxylic acids is 3. The zero-order valence-electron chi connectivity index (χ0n) is 28.3. The van der Waals surface area contributed by atoms with Crippen LogP contribution in [0.4, 0.5) is 5.69 Å². The average Bonchev–Trinajstić information content (AvgIpc) is 3.06. The van der Waals surface area contributed by atoms with Crippen molar-refractivity contribution in [3.63, 3.8) is 0 Å². The molecule has 10 nitrogen and oxygen atoms in total. The van der Waals surface area contributed by atoms with Crippen molar-refractivity contribution >= 4 is 29.5 Å². The number of carboxylic acid groups (broad SMARTS) is 1. The van der Waals surface area contributed by atoms with E-state index in [4.69, 9.17) is 18.9 Å². The van der Waals surface area contributed by atoms with Gasteiger partial charge in [-0.2, -0.15) is 0 Å². The van der Waals surface area contributed by atoms with E-state index in [0.717, 1.165) is 5.56 Å². The molecule has 0 spiro atoms. The Morgan fingerprint density at radius 2 is 1.20 bits per heavy atom. The minimum absolute atomic E-state index is 0.177. The number of anilines is 1. The lowest BCUT2D eigenvalue weighted by molar-refractivity contribution is -0.205. The predicted octanol–water partition coefficient (Wildman–Crippen LogP) is 5.81. The van der Waals surface area contributed by atoms with Gasteiger partial charge in [-0.3, -0.25) is 9.59 Å². The molecule has 0 radical (unpaired) electrons. The summed E-state index contributed by atoms with van der Waals surface area (Å²) in [6.45, 7) is 15.2. The van der Waals surface area contributed by atoms with E-state index in [1.807, 2.05) is 25.1 Å². The fourth-order valence-electron chi connectivity index (χ4n) is 6.87. The summed E-state index contributed by atoms with van der Waals surface area (Å²) in [5, 5.41) is 14.1. The van der Waals surface area contributed by atoms with Crippen molar-refractivity contribution in [2.75, 3.05) is 18.5 Å². The molecular formula is C39H41NO9. The number of nitrogens with one attached hydrogen (secondary N) is 1. The molecule has 10 heteroatoms. The topological polar surface area (TPSA) is 137 Å².